The monoisotopic (exact) mass is 291 g/mol. The van der Waals surface area contributed by atoms with Gasteiger partial charge < -0.3 is 12.4 Å². The lowest BCUT2D eigenvalue weighted by Gasteiger charge is -2.30. The number of rotatable bonds is 10. The Morgan fingerprint density at radius 2 is 1.22 bits per heavy atom. The number of hydrogen-bond acceptors (Lipinski definition) is 1. The Bertz CT molecular complexity index is 203. The van der Waals surface area contributed by atoms with Gasteiger partial charge in [-0.25, -0.2) is 0 Å². The second-order valence-electron chi connectivity index (χ2n) is 5.26. The van der Waals surface area contributed by atoms with Crippen LogP contribution >= 0.6 is 7.26 Å². The van der Waals surface area contributed by atoms with Gasteiger partial charge in [-0.15, -0.1) is 0 Å². The molecule has 0 spiro atoms. The molecule has 18 heavy (non-hydrogen) atoms. The maximum Gasteiger partial charge on any atom is 0.151 e. The van der Waals surface area contributed by atoms with Gasteiger partial charge in [0.05, 0.1) is 18.5 Å². The molecule has 1 unspecified atom stereocenters. The summed E-state index contributed by atoms with van der Waals surface area (Å²) < 4.78 is 0. The largest absolute Gasteiger partial charge is 1.00 e. The molecule has 0 N–H and O–H groups in total. The number of nitriles is 1. The smallest absolute Gasteiger partial charge is 0.151 e. The second kappa shape index (κ2) is 12.3. The van der Waals surface area contributed by atoms with Crippen LogP contribution in [0.3, 0.4) is 0 Å². The average molecular weight is 292 g/mol. The number of hydrogen-bond donors (Lipinski definition) is 0. The minimum atomic E-state index is -0.998. The van der Waals surface area contributed by atoms with Crippen LogP contribution in [0.2, 0.25) is 0 Å². The zero-order valence-corrected chi connectivity index (χ0v) is 14.4. The van der Waals surface area contributed by atoms with E-state index in [-0.39, 0.29) is 12.4 Å². The Balaban J connectivity index is 0. The molecule has 0 saturated carbocycles. The minimum Gasteiger partial charge on any atom is -1.00 e. The Morgan fingerprint density at radius 3 is 1.44 bits per heavy atom. The molecular weight excluding hydrogens is 261 g/mol. The molecule has 0 fully saturated rings. The van der Waals surface area contributed by atoms with Crippen molar-refractivity contribution in [2.45, 2.75) is 71.9 Å². The summed E-state index contributed by atoms with van der Waals surface area (Å²) in [7, 11) is -0.998. The quantitative estimate of drug-likeness (QED) is 0.567. The van der Waals surface area contributed by atoms with Crippen LogP contribution < -0.4 is 12.4 Å². The molecule has 0 aromatic rings. The molecule has 0 heterocycles. The molecule has 0 aromatic carbocycles. The Hall–Kier alpha value is 0.210. The summed E-state index contributed by atoms with van der Waals surface area (Å²) in [5.74, 6) is 0. The molecule has 0 rings (SSSR count). The van der Waals surface area contributed by atoms with Crippen molar-refractivity contribution in [1.82, 2.24) is 0 Å². The lowest BCUT2D eigenvalue weighted by Crippen LogP contribution is -3.00. The molecule has 0 aliphatic rings. The first-order valence-electron chi connectivity index (χ1n) is 7.42. The van der Waals surface area contributed by atoms with Gasteiger partial charge in [0, 0.05) is 7.26 Å². The fraction of sp³-hybridized carbons (Fsp3) is 0.933. The molecule has 0 saturated heterocycles. The van der Waals surface area contributed by atoms with E-state index in [0.717, 1.165) is 0 Å². The van der Waals surface area contributed by atoms with E-state index in [1.54, 1.807) is 0 Å². The van der Waals surface area contributed by atoms with Gasteiger partial charge in [-0.05, 0) is 26.2 Å². The highest BCUT2D eigenvalue weighted by Gasteiger charge is 2.41. The molecule has 108 valence electrons. The van der Waals surface area contributed by atoms with Crippen LogP contribution in [0.15, 0.2) is 0 Å². The van der Waals surface area contributed by atoms with Crippen LogP contribution in [-0.2, 0) is 0 Å². The van der Waals surface area contributed by atoms with Crippen LogP contribution in [0.4, 0.5) is 0 Å². The van der Waals surface area contributed by atoms with Crippen molar-refractivity contribution in [2.24, 2.45) is 0 Å². The molecule has 0 aromatic heterocycles. The number of halogens is 1. The van der Waals surface area contributed by atoms with Crippen molar-refractivity contribution >= 4 is 7.26 Å². The summed E-state index contributed by atoms with van der Waals surface area (Å²) in [6.45, 7) is 9.00. The molecule has 0 aliphatic heterocycles. The van der Waals surface area contributed by atoms with E-state index in [1.165, 1.54) is 57.0 Å². The zero-order chi connectivity index (χ0) is 13.1. The van der Waals surface area contributed by atoms with Gasteiger partial charge in [-0.1, -0.05) is 40.0 Å². The van der Waals surface area contributed by atoms with Gasteiger partial charge in [0.1, 0.15) is 6.07 Å². The maximum absolute atomic E-state index is 9.35. The second-order valence-corrected chi connectivity index (χ2v) is 9.81. The lowest BCUT2D eigenvalue weighted by molar-refractivity contribution is -0.00000420. The fourth-order valence-electron chi connectivity index (χ4n) is 2.46. The summed E-state index contributed by atoms with van der Waals surface area (Å²) in [4.78, 5) is 0. The van der Waals surface area contributed by atoms with Crippen molar-refractivity contribution in [1.29, 1.82) is 5.26 Å². The van der Waals surface area contributed by atoms with Gasteiger partial charge in [0.15, 0.2) is 5.66 Å². The molecule has 0 radical (unpaired) electrons. The molecule has 0 aliphatic carbocycles. The van der Waals surface area contributed by atoms with Crippen molar-refractivity contribution in [3.63, 3.8) is 0 Å². The number of nitrogens with zero attached hydrogens (tertiary/aromatic N) is 1. The molecular formula is C15H31ClNP. The lowest BCUT2D eigenvalue weighted by atomic mass is 10.4. The molecule has 1 atom stereocenters. The predicted molar refractivity (Wildman–Crippen MR) is 81.3 cm³/mol. The summed E-state index contributed by atoms with van der Waals surface area (Å²) in [5, 5.41) is 9.35. The van der Waals surface area contributed by atoms with Crippen molar-refractivity contribution in [3.8, 4) is 6.07 Å². The predicted octanol–water partition coefficient (Wildman–Crippen LogP) is 2.32. The maximum atomic E-state index is 9.35. The van der Waals surface area contributed by atoms with E-state index < -0.39 is 7.26 Å². The first-order valence-corrected chi connectivity index (χ1v) is 9.83. The van der Waals surface area contributed by atoms with Crippen LogP contribution in [0.25, 0.3) is 0 Å². The highest BCUT2D eigenvalue weighted by atomic mass is 35.5. The Kier molecular flexibility index (Phi) is 14.0. The highest BCUT2D eigenvalue weighted by molar-refractivity contribution is 7.76. The van der Waals surface area contributed by atoms with E-state index in [4.69, 9.17) is 0 Å². The summed E-state index contributed by atoms with van der Waals surface area (Å²) in [6, 6.07) is 2.58. The third-order valence-corrected chi connectivity index (χ3v) is 9.26. The summed E-state index contributed by atoms with van der Waals surface area (Å²) in [5.41, 5.74) is 0.326. The zero-order valence-electron chi connectivity index (χ0n) is 12.7. The Morgan fingerprint density at radius 1 is 0.889 bits per heavy atom. The van der Waals surface area contributed by atoms with E-state index >= 15 is 0 Å². The third-order valence-electron chi connectivity index (χ3n) is 3.88. The van der Waals surface area contributed by atoms with Gasteiger partial charge in [0.2, 0.25) is 0 Å². The van der Waals surface area contributed by atoms with E-state index in [1.807, 2.05) is 0 Å². The minimum absolute atomic E-state index is 0. The first kappa shape index (κ1) is 20.5. The third kappa shape index (κ3) is 6.96. The molecule has 1 nitrogen and oxygen atoms in total. The average Bonchev–Trinajstić information content (AvgIpc) is 2.37. The van der Waals surface area contributed by atoms with Crippen molar-refractivity contribution in [3.05, 3.63) is 0 Å². The molecule has 3 heteroatoms. The van der Waals surface area contributed by atoms with Crippen LogP contribution in [0.1, 0.15) is 66.2 Å². The van der Waals surface area contributed by atoms with E-state index in [9.17, 15) is 5.26 Å². The standard InChI is InChI=1S/C15H31NP.ClH/c1-5-8-11-17(12-9-6-2,13-10-7-3)15(4)14-16;/h15H,5-13H2,1-4H3;1H/q+1;/p-1. The van der Waals surface area contributed by atoms with Crippen LogP contribution in [0.5, 0.6) is 0 Å². The first-order chi connectivity index (χ1) is 8.16. The Labute approximate surface area is 121 Å². The van der Waals surface area contributed by atoms with Crippen LogP contribution in [-0.4, -0.2) is 24.1 Å². The van der Waals surface area contributed by atoms with Gasteiger partial charge in [0.25, 0.3) is 0 Å². The summed E-state index contributed by atoms with van der Waals surface area (Å²) in [6.07, 6.45) is 11.9. The molecule has 0 bridgehead atoms. The fourth-order valence-corrected chi connectivity index (χ4v) is 7.37. The van der Waals surface area contributed by atoms with Gasteiger partial charge in [-0.2, -0.15) is 5.26 Å². The van der Waals surface area contributed by atoms with Crippen molar-refractivity contribution in [2.75, 3.05) is 18.5 Å². The van der Waals surface area contributed by atoms with Gasteiger partial charge >= 0.3 is 0 Å². The van der Waals surface area contributed by atoms with E-state index in [2.05, 4.69) is 33.8 Å². The van der Waals surface area contributed by atoms with Gasteiger partial charge in [-0.3, -0.25) is 0 Å². The molecule has 0 amide bonds. The van der Waals surface area contributed by atoms with Crippen molar-refractivity contribution < 1.29 is 12.4 Å². The normalized spacial score (nSPS) is 12.6. The summed E-state index contributed by atoms with van der Waals surface area (Å²) >= 11 is 0. The topological polar surface area (TPSA) is 23.8 Å². The van der Waals surface area contributed by atoms with E-state index in [0.29, 0.717) is 5.66 Å². The number of unbranched alkanes of at least 4 members (excludes halogenated alkanes) is 3. The SMILES string of the molecule is CCCC[P+](CCCC)(CCCC)C(C)C#N.[Cl-]. The highest BCUT2D eigenvalue weighted by Crippen LogP contribution is 2.64. The van der Waals surface area contributed by atoms with Crippen LogP contribution in [0, 0.1) is 11.3 Å².